The second-order valence-electron chi connectivity index (χ2n) is 6.17. The lowest BCUT2D eigenvalue weighted by Gasteiger charge is -2.30. The number of carbonyl (C=O) groups is 1. The molecule has 5 heteroatoms. The summed E-state index contributed by atoms with van der Waals surface area (Å²) in [6, 6.07) is 10.5. The van der Waals surface area contributed by atoms with Gasteiger partial charge in [-0.25, -0.2) is 0 Å². The number of rotatable bonds is 5. The molecule has 2 aromatic rings. The van der Waals surface area contributed by atoms with E-state index >= 15 is 0 Å². The van der Waals surface area contributed by atoms with E-state index in [-0.39, 0.29) is 18.0 Å². The Hall–Kier alpha value is -2.14. The molecule has 0 fully saturated rings. The molecule has 5 nitrogen and oxygen atoms in total. The van der Waals surface area contributed by atoms with Gasteiger partial charge in [0, 0.05) is 30.7 Å². The maximum Gasteiger partial charge on any atom is 0.240 e. The van der Waals surface area contributed by atoms with Gasteiger partial charge in [0.25, 0.3) is 0 Å². The predicted octanol–water partition coefficient (Wildman–Crippen LogP) is 2.40. The molecule has 2 heterocycles. The Balaban J connectivity index is 1.60. The number of fused-ring (bicyclic) bond motifs is 1. The third kappa shape index (κ3) is 3.45. The Morgan fingerprint density at radius 2 is 2.13 bits per heavy atom. The number of aromatic nitrogens is 2. The Bertz CT molecular complexity index is 653. The van der Waals surface area contributed by atoms with Gasteiger partial charge in [-0.1, -0.05) is 18.2 Å². The maximum atomic E-state index is 12.6. The third-order valence-corrected chi connectivity index (χ3v) is 4.65. The number of benzene rings is 1. The van der Waals surface area contributed by atoms with E-state index in [9.17, 15) is 4.79 Å². The van der Waals surface area contributed by atoms with E-state index in [0.29, 0.717) is 6.54 Å². The summed E-state index contributed by atoms with van der Waals surface area (Å²) >= 11 is 0. The zero-order valence-corrected chi connectivity index (χ0v) is 13.8. The van der Waals surface area contributed by atoms with Gasteiger partial charge in [0.1, 0.15) is 0 Å². The van der Waals surface area contributed by atoms with Crippen LogP contribution in [0.25, 0.3) is 0 Å². The fraction of sp³-hybridized carbons (Fsp3) is 0.444. The van der Waals surface area contributed by atoms with Crippen LogP contribution in [0.2, 0.25) is 0 Å². The summed E-state index contributed by atoms with van der Waals surface area (Å²) in [7, 11) is 0. The summed E-state index contributed by atoms with van der Waals surface area (Å²) in [6.07, 6.45) is 5.81. The summed E-state index contributed by atoms with van der Waals surface area (Å²) in [4.78, 5) is 14.5. The van der Waals surface area contributed by atoms with Crippen LogP contribution in [0, 0.1) is 0 Å². The van der Waals surface area contributed by atoms with Gasteiger partial charge < -0.3 is 10.2 Å². The summed E-state index contributed by atoms with van der Waals surface area (Å²) < 4.78 is 1.92. The van der Waals surface area contributed by atoms with Gasteiger partial charge >= 0.3 is 0 Å². The van der Waals surface area contributed by atoms with Gasteiger partial charge in [0.15, 0.2) is 0 Å². The molecular formula is C18H24N4O. The van der Waals surface area contributed by atoms with Crippen molar-refractivity contribution in [2.24, 2.45) is 0 Å². The minimum Gasteiger partial charge on any atom is -0.311 e. The van der Waals surface area contributed by atoms with Crippen molar-refractivity contribution in [3.8, 4) is 0 Å². The summed E-state index contributed by atoms with van der Waals surface area (Å²) in [6.45, 7) is 5.34. The first-order valence-electron chi connectivity index (χ1n) is 8.27. The number of nitrogens with one attached hydrogen (secondary N) is 1. The lowest BCUT2D eigenvalue weighted by molar-refractivity contribution is -0.118. The molecule has 0 spiro atoms. The molecule has 1 aromatic heterocycles. The van der Waals surface area contributed by atoms with Crippen molar-refractivity contribution < 1.29 is 4.79 Å². The molecule has 2 atom stereocenters. The highest BCUT2D eigenvalue weighted by molar-refractivity contribution is 5.95. The molecule has 0 saturated heterocycles. The highest BCUT2D eigenvalue weighted by Gasteiger charge is 2.23. The van der Waals surface area contributed by atoms with Crippen LogP contribution < -0.4 is 10.2 Å². The molecule has 0 bridgehead atoms. The molecule has 122 valence electrons. The zero-order chi connectivity index (χ0) is 16.2. The quantitative estimate of drug-likeness (QED) is 0.922. The molecule has 1 aliphatic rings. The second kappa shape index (κ2) is 6.96. The van der Waals surface area contributed by atoms with Crippen molar-refractivity contribution >= 4 is 11.6 Å². The number of para-hydroxylation sites is 1. The van der Waals surface area contributed by atoms with E-state index < -0.39 is 0 Å². The summed E-state index contributed by atoms with van der Waals surface area (Å²) in [5.41, 5.74) is 2.34. The standard InChI is InChI=1S/C18H24N4O/c1-14(15(2)22-12-6-10-20-22)19-13-18(23)21-11-5-8-16-7-3-4-9-17(16)21/h3-4,6-7,9-10,12,14-15,19H,5,8,11,13H2,1-2H3/t14-,15+/m1/s1. The number of hydrogen-bond acceptors (Lipinski definition) is 3. The molecule has 0 unspecified atom stereocenters. The van der Waals surface area contributed by atoms with Crippen molar-refractivity contribution in [2.75, 3.05) is 18.0 Å². The highest BCUT2D eigenvalue weighted by atomic mass is 16.2. The first-order valence-corrected chi connectivity index (χ1v) is 8.27. The number of carbonyl (C=O) groups excluding carboxylic acids is 1. The molecule has 0 aliphatic carbocycles. The largest absolute Gasteiger partial charge is 0.311 e. The molecule has 23 heavy (non-hydrogen) atoms. The van der Waals surface area contributed by atoms with E-state index in [1.165, 1.54) is 5.56 Å². The van der Waals surface area contributed by atoms with Crippen LogP contribution in [0.1, 0.15) is 31.9 Å². The first kappa shape index (κ1) is 15.7. The van der Waals surface area contributed by atoms with Crippen molar-refractivity contribution in [2.45, 2.75) is 38.8 Å². The second-order valence-corrected chi connectivity index (χ2v) is 6.17. The van der Waals surface area contributed by atoms with E-state index in [0.717, 1.165) is 25.1 Å². The van der Waals surface area contributed by atoms with Crippen LogP contribution in [0.3, 0.4) is 0 Å². The van der Waals surface area contributed by atoms with Crippen molar-refractivity contribution in [3.05, 3.63) is 48.3 Å². The number of anilines is 1. The molecule has 1 aliphatic heterocycles. The normalized spacial score (nSPS) is 16.7. The van der Waals surface area contributed by atoms with Crippen LogP contribution >= 0.6 is 0 Å². The first-order chi connectivity index (χ1) is 11.2. The van der Waals surface area contributed by atoms with Gasteiger partial charge in [-0.05, 0) is 44.4 Å². The van der Waals surface area contributed by atoms with Crippen LogP contribution in [-0.2, 0) is 11.2 Å². The van der Waals surface area contributed by atoms with Crippen molar-refractivity contribution in [1.82, 2.24) is 15.1 Å². The maximum absolute atomic E-state index is 12.6. The van der Waals surface area contributed by atoms with Gasteiger partial charge in [0.2, 0.25) is 5.91 Å². The minimum absolute atomic E-state index is 0.136. The van der Waals surface area contributed by atoms with Crippen LogP contribution in [0.5, 0.6) is 0 Å². The van der Waals surface area contributed by atoms with E-state index in [1.54, 1.807) is 6.20 Å². The summed E-state index contributed by atoms with van der Waals surface area (Å²) in [5.74, 6) is 0.136. The SMILES string of the molecule is C[C@@H](NCC(=O)N1CCCc2ccccc21)[C@H](C)n1cccn1. The van der Waals surface area contributed by atoms with Crippen molar-refractivity contribution in [3.63, 3.8) is 0 Å². The zero-order valence-electron chi connectivity index (χ0n) is 13.8. The number of amides is 1. The number of aryl methyl sites for hydroxylation is 1. The Morgan fingerprint density at radius 3 is 2.91 bits per heavy atom. The fourth-order valence-electron chi connectivity index (χ4n) is 3.06. The Morgan fingerprint density at radius 1 is 1.30 bits per heavy atom. The van der Waals surface area contributed by atoms with Gasteiger partial charge in [-0.3, -0.25) is 9.48 Å². The summed E-state index contributed by atoms with van der Waals surface area (Å²) in [5, 5.41) is 7.61. The topological polar surface area (TPSA) is 50.2 Å². The molecule has 1 N–H and O–H groups in total. The minimum atomic E-state index is 0.136. The molecule has 3 rings (SSSR count). The molecule has 0 radical (unpaired) electrons. The molecule has 1 amide bonds. The lowest BCUT2D eigenvalue weighted by atomic mass is 10.0. The average molecular weight is 312 g/mol. The molecule has 1 aromatic carbocycles. The monoisotopic (exact) mass is 312 g/mol. The Labute approximate surface area is 137 Å². The van der Waals surface area contributed by atoms with Gasteiger partial charge in [-0.15, -0.1) is 0 Å². The van der Waals surface area contributed by atoms with Crippen LogP contribution in [-0.4, -0.2) is 34.8 Å². The highest BCUT2D eigenvalue weighted by Crippen LogP contribution is 2.26. The lowest BCUT2D eigenvalue weighted by Crippen LogP contribution is -2.44. The number of nitrogens with zero attached hydrogens (tertiary/aromatic N) is 3. The van der Waals surface area contributed by atoms with Crippen LogP contribution in [0.15, 0.2) is 42.7 Å². The fourth-order valence-corrected chi connectivity index (χ4v) is 3.06. The van der Waals surface area contributed by atoms with E-state index in [4.69, 9.17) is 0 Å². The Kier molecular flexibility index (Phi) is 4.76. The third-order valence-electron chi connectivity index (χ3n) is 4.65. The van der Waals surface area contributed by atoms with E-state index in [1.807, 2.05) is 40.0 Å². The predicted molar refractivity (Wildman–Crippen MR) is 91.5 cm³/mol. The number of hydrogen-bond donors (Lipinski definition) is 1. The van der Waals surface area contributed by atoms with Gasteiger partial charge in [-0.2, -0.15) is 5.10 Å². The average Bonchev–Trinajstić information content (AvgIpc) is 3.12. The van der Waals surface area contributed by atoms with Crippen LogP contribution in [0.4, 0.5) is 5.69 Å². The smallest absolute Gasteiger partial charge is 0.240 e. The van der Waals surface area contributed by atoms with Gasteiger partial charge in [0.05, 0.1) is 12.6 Å². The van der Waals surface area contributed by atoms with Crippen molar-refractivity contribution in [1.29, 1.82) is 0 Å². The molecule has 0 saturated carbocycles. The van der Waals surface area contributed by atoms with E-state index in [2.05, 4.69) is 30.3 Å². The molecular weight excluding hydrogens is 288 g/mol.